The zero-order valence-electron chi connectivity index (χ0n) is 17.3. The van der Waals surface area contributed by atoms with Crippen LogP contribution >= 0.6 is 0 Å². The Kier molecular flexibility index (Phi) is 4.36. The van der Waals surface area contributed by atoms with Crippen LogP contribution in [0, 0.1) is 13.8 Å². The number of aromatic amines is 1. The number of rotatable bonds is 4. The van der Waals surface area contributed by atoms with Gasteiger partial charge in [-0.05, 0) is 31.5 Å². The van der Waals surface area contributed by atoms with Crippen molar-refractivity contribution in [3.63, 3.8) is 0 Å². The summed E-state index contributed by atoms with van der Waals surface area (Å²) in [6.07, 6.45) is 1.49. The van der Waals surface area contributed by atoms with Crippen molar-refractivity contribution >= 4 is 34.2 Å². The number of hydrogen-bond acceptors (Lipinski definition) is 6. The number of nitrogens with one attached hydrogen (secondary N) is 2. The molecule has 5 rings (SSSR count). The monoisotopic (exact) mass is 412 g/mol. The maximum absolute atomic E-state index is 12.9. The van der Waals surface area contributed by atoms with Gasteiger partial charge in [-0.1, -0.05) is 36.4 Å². The van der Waals surface area contributed by atoms with Gasteiger partial charge in [-0.2, -0.15) is 10.1 Å². The molecule has 3 aromatic heterocycles. The molecule has 9 heteroatoms. The molecule has 9 nitrogen and oxygen atoms in total. The van der Waals surface area contributed by atoms with Crippen molar-refractivity contribution in [1.82, 2.24) is 29.5 Å². The van der Waals surface area contributed by atoms with Crippen LogP contribution in [0.4, 0.5) is 5.95 Å². The Morgan fingerprint density at radius 3 is 2.68 bits per heavy atom. The standard InChI is InChI=1S/C22H20N8O/c1-13-8-7-11-16-18(13)24-20-19(16)26-28-22(25-20)27-23-12-17-14(2)29(3)30(21(17)31)15-9-5-4-6-10-15/h4-12H,1-3H3,(H2,24,25,27,28). The van der Waals surface area contributed by atoms with E-state index >= 15 is 0 Å². The molecule has 0 bridgehead atoms. The quantitative estimate of drug-likeness (QED) is 0.349. The fraction of sp³-hybridized carbons (Fsp3) is 0.136. The summed E-state index contributed by atoms with van der Waals surface area (Å²) in [6, 6.07) is 15.5. The molecule has 31 heavy (non-hydrogen) atoms. The van der Waals surface area contributed by atoms with E-state index in [1.807, 2.05) is 69.4 Å². The third kappa shape index (κ3) is 3.07. The van der Waals surface area contributed by atoms with Gasteiger partial charge in [0, 0.05) is 18.1 Å². The summed E-state index contributed by atoms with van der Waals surface area (Å²) in [5.74, 6) is 0.241. The van der Waals surface area contributed by atoms with Crippen molar-refractivity contribution in [2.24, 2.45) is 12.1 Å². The number of H-pyrrole nitrogens is 1. The van der Waals surface area contributed by atoms with Crippen molar-refractivity contribution in [2.75, 3.05) is 5.43 Å². The van der Waals surface area contributed by atoms with E-state index in [4.69, 9.17) is 0 Å². The van der Waals surface area contributed by atoms with Crippen molar-refractivity contribution < 1.29 is 0 Å². The smallest absolute Gasteiger partial charge is 0.280 e. The van der Waals surface area contributed by atoms with Crippen LogP contribution < -0.4 is 11.0 Å². The summed E-state index contributed by atoms with van der Waals surface area (Å²) in [6.45, 7) is 3.90. The number of benzene rings is 2. The second-order valence-electron chi connectivity index (χ2n) is 7.30. The number of aryl methyl sites for hydroxylation is 1. The van der Waals surface area contributed by atoms with Crippen molar-refractivity contribution in [3.8, 4) is 5.69 Å². The topological polar surface area (TPSA) is 106 Å². The minimum absolute atomic E-state index is 0.155. The molecule has 0 aliphatic heterocycles. The first-order valence-electron chi connectivity index (χ1n) is 9.79. The van der Waals surface area contributed by atoms with Crippen LogP contribution in [0.2, 0.25) is 0 Å². The normalized spacial score (nSPS) is 11.7. The number of fused-ring (bicyclic) bond motifs is 3. The van der Waals surface area contributed by atoms with E-state index in [0.717, 1.165) is 27.8 Å². The number of hydrogen-bond donors (Lipinski definition) is 2. The lowest BCUT2D eigenvalue weighted by atomic mass is 10.1. The molecule has 0 fully saturated rings. The molecule has 154 valence electrons. The average Bonchev–Trinajstić information content (AvgIpc) is 3.25. The average molecular weight is 412 g/mol. The molecule has 2 N–H and O–H groups in total. The first kappa shape index (κ1) is 18.7. The van der Waals surface area contributed by atoms with Crippen molar-refractivity contribution in [2.45, 2.75) is 13.8 Å². The molecule has 0 saturated carbocycles. The van der Waals surface area contributed by atoms with Crippen LogP contribution in [0.15, 0.2) is 58.4 Å². The molecule has 2 aromatic carbocycles. The minimum atomic E-state index is -0.155. The highest BCUT2D eigenvalue weighted by molar-refractivity contribution is 6.04. The van der Waals surface area contributed by atoms with Crippen molar-refractivity contribution in [3.05, 3.63) is 75.7 Å². The van der Waals surface area contributed by atoms with E-state index in [0.29, 0.717) is 16.7 Å². The summed E-state index contributed by atoms with van der Waals surface area (Å²) in [4.78, 5) is 20.7. The van der Waals surface area contributed by atoms with E-state index in [1.54, 1.807) is 9.36 Å². The first-order chi connectivity index (χ1) is 15.0. The molecule has 0 spiro atoms. The molecule has 0 unspecified atom stereocenters. The Morgan fingerprint density at radius 1 is 1.06 bits per heavy atom. The molecule has 0 aliphatic rings. The Morgan fingerprint density at radius 2 is 1.87 bits per heavy atom. The van der Waals surface area contributed by atoms with Gasteiger partial charge in [0.05, 0.1) is 23.0 Å². The summed E-state index contributed by atoms with van der Waals surface area (Å²) < 4.78 is 3.41. The first-order valence-corrected chi connectivity index (χ1v) is 9.79. The third-order valence-corrected chi connectivity index (χ3v) is 5.41. The zero-order chi connectivity index (χ0) is 21.5. The van der Waals surface area contributed by atoms with E-state index in [2.05, 4.69) is 30.7 Å². The number of hydrazone groups is 1. The highest BCUT2D eigenvalue weighted by Crippen LogP contribution is 2.24. The van der Waals surface area contributed by atoms with Gasteiger partial charge in [-0.25, -0.2) is 10.1 Å². The summed E-state index contributed by atoms with van der Waals surface area (Å²) in [5, 5.41) is 13.5. The predicted molar refractivity (Wildman–Crippen MR) is 121 cm³/mol. The van der Waals surface area contributed by atoms with Gasteiger partial charge in [0.15, 0.2) is 5.65 Å². The van der Waals surface area contributed by atoms with Crippen LogP contribution in [0.5, 0.6) is 0 Å². The Hall–Kier alpha value is -4.27. The van der Waals surface area contributed by atoms with Gasteiger partial charge in [0.2, 0.25) is 0 Å². The number of para-hydroxylation sites is 2. The second kappa shape index (κ2) is 7.21. The molecular weight excluding hydrogens is 392 g/mol. The van der Waals surface area contributed by atoms with E-state index in [9.17, 15) is 4.79 Å². The number of anilines is 1. The van der Waals surface area contributed by atoms with Gasteiger partial charge < -0.3 is 4.98 Å². The Bertz CT molecular complexity index is 1510. The fourth-order valence-electron chi connectivity index (χ4n) is 3.68. The lowest BCUT2D eigenvalue weighted by Gasteiger charge is -2.07. The molecule has 0 radical (unpaired) electrons. The molecule has 0 amide bonds. The van der Waals surface area contributed by atoms with E-state index < -0.39 is 0 Å². The summed E-state index contributed by atoms with van der Waals surface area (Å²) in [7, 11) is 1.84. The maximum atomic E-state index is 12.9. The van der Waals surface area contributed by atoms with E-state index in [1.165, 1.54) is 6.21 Å². The molecule has 3 heterocycles. The Labute approximate surface area is 177 Å². The highest BCUT2D eigenvalue weighted by atomic mass is 16.1. The lowest BCUT2D eigenvalue weighted by Crippen LogP contribution is -2.20. The lowest BCUT2D eigenvalue weighted by molar-refractivity contribution is 0.630. The van der Waals surface area contributed by atoms with Crippen LogP contribution in [0.25, 0.3) is 27.8 Å². The van der Waals surface area contributed by atoms with Crippen molar-refractivity contribution in [1.29, 1.82) is 0 Å². The molecule has 0 saturated heterocycles. The SMILES string of the molecule is Cc1cccc2c1[nH]c1nc(NN=Cc3c(C)n(C)n(-c4ccccc4)c3=O)nnc12. The predicted octanol–water partition coefficient (Wildman–Crippen LogP) is 3.06. The van der Waals surface area contributed by atoms with Crippen LogP contribution in [0.1, 0.15) is 16.8 Å². The van der Waals surface area contributed by atoms with Crippen LogP contribution in [0.3, 0.4) is 0 Å². The maximum Gasteiger partial charge on any atom is 0.280 e. The zero-order valence-corrected chi connectivity index (χ0v) is 17.3. The molecule has 0 aliphatic carbocycles. The van der Waals surface area contributed by atoms with Gasteiger partial charge >= 0.3 is 0 Å². The Balaban J connectivity index is 1.46. The van der Waals surface area contributed by atoms with Gasteiger partial charge in [0.25, 0.3) is 11.5 Å². The van der Waals surface area contributed by atoms with Crippen LogP contribution in [-0.4, -0.2) is 35.7 Å². The van der Waals surface area contributed by atoms with Gasteiger partial charge in [-0.15, -0.1) is 10.2 Å². The molecule has 0 atom stereocenters. The van der Waals surface area contributed by atoms with Crippen LogP contribution in [-0.2, 0) is 7.05 Å². The van der Waals surface area contributed by atoms with E-state index in [-0.39, 0.29) is 11.5 Å². The molecule has 5 aromatic rings. The summed E-state index contributed by atoms with van der Waals surface area (Å²) >= 11 is 0. The number of aromatic nitrogens is 6. The molecular formula is C22H20N8O. The summed E-state index contributed by atoms with van der Waals surface area (Å²) in [5.41, 5.74) is 8.11. The minimum Gasteiger partial charge on any atom is -0.337 e. The highest BCUT2D eigenvalue weighted by Gasteiger charge is 2.14. The van der Waals surface area contributed by atoms with Gasteiger partial charge in [0.1, 0.15) is 5.52 Å². The second-order valence-corrected chi connectivity index (χ2v) is 7.30. The fourth-order valence-corrected chi connectivity index (χ4v) is 3.68. The van der Waals surface area contributed by atoms with Gasteiger partial charge in [-0.3, -0.25) is 9.48 Å². The third-order valence-electron chi connectivity index (χ3n) is 5.41. The largest absolute Gasteiger partial charge is 0.337 e. The number of nitrogens with zero attached hydrogens (tertiary/aromatic N) is 6.